The second-order valence-electron chi connectivity index (χ2n) is 7.15. The minimum Gasteiger partial charge on any atom is -0.358 e. The first-order valence-corrected chi connectivity index (χ1v) is 9.36. The van der Waals surface area contributed by atoms with Crippen LogP contribution in [0.25, 0.3) is 10.9 Å². The monoisotopic (exact) mass is 342 g/mol. The molecular formula is C19H22N2O2S. The van der Waals surface area contributed by atoms with Gasteiger partial charge in [0.25, 0.3) is 10.0 Å². The van der Waals surface area contributed by atoms with Crippen molar-refractivity contribution in [2.24, 2.45) is 0 Å². The van der Waals surface area contributed by atoms with Gasteiger partial charge in [-0.1, -0.05) is 38.5 Å². The lowest BCUT2D eigenvalue weighted by Gasteiger charge is -2.15. The largest absolute Gasteiger partial charge is 0.358 e. The van der Waals surface area contributed by atoms with E-state index in [0.29, 0.717) is 5.69 Å². The van der Waals surface area contributed by atoms with Gasteiger partial charge in [0.2, 0.25) is 0 Å². The predicted molar refractivity (Wildman–Crippen MR) is 99.0 cm³/mol. The number of H-pyrrole nitrogens is 1. The zero-order chi connectivity index (χ0) is 17.5. The molecule has 0 radical (unpaired) electrons. The second kappa shape index (κ2) is 5.67. The van der Waals surface area contributed by atoms with Crippen molar-refractivity contribution in [1.29, 1.82) is 0 Å². The van der Waals surface area contributed by atoms with E-state index >= 15 is 0 Å². The predicted octanol–water partition coefficient (Wildman–Crippen LogP) is 4.57. The van der Waals surface area contributed by atoms with Gasteiger partial charge < -0.3 is 4.98 Å². The molecule has 0 spiro atoms. The highest BCUT2D eigenvalue weighted by atomic mass is 32.2. The maximum atomic E-state index is 12.5. The van der Waals surface area contributed by atoms with Gasteiger partial charge in [-0.2, -0.15) is 0 Å². The normalized spacial score (nSPS) is 12.5. The molecule has 2 aromatic carbocycles. The van der Waals surface area contributed by atoms with Gasteiger partial charge in [-0.15, -0.1) is 0 Å². The first-order chi connectivity index (χ1) is 11.1. The summed E-state index contributed by atoms with van der Waals surface area (Å²) in [5, 5.41) is 0.990. The molecule has 0 unspecified atom stereocenters. The van der Waals surface area contributed by atoms with Gasteiger partial charge in [0.15, 0.2) is 0 Å². The van der Waals surface area contributed by atoms with Crippen molar-refractivity contribution in [3.63, 3.8) is 0 Å². The zero-order valence-electron chi connectivity index (χ0n) is 14.3. The molecule has 24 heavy (non-hydrogen) atoms. The van der Waals surface area contributed by atoms with Crippen LogP contribution in [0.3, 0.4) is 0 Å². The molecule has 0 saturated carbocycles. The molecule has 0 fully saturated rings. The number of rotatable bonds is 3. The fraction of sp³-hybridized carbons (Fsp3) is 0.263. The average Bonchev–Trinajstić information content (AvgIpc) is 2.90. The van der Waals surface area contributed by atoms with Crippen molar-refractivity contribution >= 4 is 26.6 Å². The standard InChI is InChI=1S/C19H22N2O2S/c1-13-5-8-16(9-6-13)24(22,23)21-15-7-10-17-14(11-15)12-18(20-17)19(2,3)4/h5-12,20-21H,1-4H3. The maximum absolute atomic E-state index is 12.5. The Kier molecular flexibility index (Phi) is 3.92. The van der Waals surface area contributed by atoms with E-state index in [1.54, 1.807) is 30.3 Å². The summed E-state index contributed by atoms with van der Waals surface area (Å²) in [7, 11) is -3.58. The molecule has 0 aliphatic carbocycles. The number of anilines is 1. The Morgan fingerprint density at radius 3 is 2.25 bits per heavy atom. The summed E-state index contributed by atoms with van der Waals surface area (Å²) in [5.74, 6) is 0. The molecule has 4 nitrogen and oxygen atoms in total. The van der Waals surface area contributed by atoms with Crippen LogP contribution >= 0.6 is 0 Å². The lowest BCUT2D eigenvalue weighted by atomic mass is 9.92. The van der Waals surface area contributed by atoms with Crippen molar-refractivity contribution in [3.8, 4) is 0 Å². The molecule has 0 aliphatic heterocycles. The highest BCUT2D eigenvalue weighted by Gasteiger charge is 2.17. The van der Waals surface area contributed by atoms with E-state index in [2.05, 4.69) is 36.5 Å². The SMILES string of the molecule is Cc1ccc(S(=O)(=O)Nc2ccc3[nH]c(C(C)(C)C)cc3c2)cc1. The number of fused-ring (bicyclic) bond motifs is 1. The molecular weight excluding hydrogens is 320 g/mol. The molecule has 3 aromatic rings. The molecule has 3 rings (SSSR count). The first-order valence-electron chi connectivity index (χ1n) is 7.88. The number of benzene rings is 2. The Bertz CT molecular complexity index is 978. The zero-order valence-corrected chi connectivity index (χ0v) is 15.2. The van der Waals surface area contributed by atoms with Crippen LogP contribution in [0.1, 0.15) is 32.0 Å². The van der Waals surface area contributed by atoms with E-state index in [1.807, 2.05) is 19.1 Å². The van der Waals surface area contributed by atoms with Crippen LogP contribution in [-0.4, -0.2) is 13.4 Å². The van der Waals surface area contributed by atoms with Gasteiger partial charge >= 0.3 is 0 Å². The number of sulfonamides is 1. The van der Waals surface area contributed by atoms with Gasteiger partial charge in [0.05, 0.1) is 4.90 Å². The third-order valence-corrected chi connectivity index (χ3v) is 5.41. The van der Waals surface area contributed by atoms with E-state index in [1.165, 1.54) is 0 Å². The molecule has 1 aromatic heterocycles. The van der Waals surface area contributed by atoms with Crippen LogP contribution in [0, 0.1) is 6.92 Å². The molecule has 0 amide bonds. The fourth-order valence-electron chi connectivity index (χ4n) is 2.53. The molecule has 0 bridgehead atoms. The summed E-state index contributed by atoms with van der Waals surface area (Å²) in [4.78, 5) is 3.65. The first kappa shape index (κ1) is 16.6. The number of hydrogen-bond donors (Lipinski definition) is 2. The van der Waals surface area contributed by atoms with E-state index in [4.69, 9.17) is 0 Å². The van der Waals surface area contributed by atoms with Crippen LogP contribution in [0.2, 0.25) is 0 Å². The Labute approximate surface area is 143 Å². The Morgan fingerprint density at radius 1 is 0.958 bits per heavy atom. The summed E-state index contributed by atoms with van der Waals surface area (Å²) in [6.45, 7) is 8.34. The van der Waals surface area contributed by atoms with Crippen molar-refractivity contribution in [1.82, 2.24) is 4.98 Å². The lowest BCUT2D eigenvalue weighted by Crippen LogP contribution is -2.12. The number of aromatic amines is 1. The van der Waals surface area contributed by atoms with Gasteiger partial charge in [-0.3, -0.25) is 4.72 Å². The molecule has 1 heterocycles. The van der Waals surface area contributed by atoms with Crippen LogP contribution < -0.4 is 4.72 Å². The number of aromatic nitrogens is 1. The third kappa shape index (κ3) is 3.31. The quantitative estimate of drug-likeness (QED) is 0.732. The molecule has 126 valence electrons. The van der Waals surface area contributed by atoms with Gasteiger partial charge in [0.1, 0.15) is 0 Å². The van der Waals surface area contributed by atoms with E-state index in [-0.39, 0.29) is 10.3 Å². The summed E-state index contributed by atoms with van der Waals surface area (Å²) >= 11 is 0. The van der Waals surface area contributed by atoms with Crippen LogP contribution in [0.15, 0.2) is 53.4 Å². The minimum atomic E-state index is -3.58. The van der Waals surface area contributed by atoms with Crippen molar-refractivity contribution in [2.45, 2.75) is 38.0 Å². The lowest BCUT2D eigenvalue weighted by molar-refractivity contribution is 0.574. The average molecular weight is 342 g/mol. The summed E-state index contributed by atoms with van der Waals surface area (Å²) in [5.41, 5.74) is 3.72. The fourth-order valence-corrected chi connectivity index (χ4v) is 3.58. The van der Waals surface area contributed by atoms with Gasteiger partial charge in [-0.25, -0.2) is 8.42 Å². The van der Waals surface area contributed by atoms with Gasteiger partial charge in [0, 0.05) is 27.7 Å². The van der Waals surface area contributed by atoms with Crippen LogP contribution in [-0.2, 0) is 15.4 Å². The summed E-state index contributed by atoms with van der Waals surface area (Å²) < 4.78 is 27.6. The minimum absolute atomic E-state index is 0.0145. The van der Waals surface area contributed by atoms with E-state index in [0.717, 1.165) is 22.2 Å². The van der Waals surface area contributed by atoms with Gasteiger partial charge in [-0.05, 0) is 43.3 Å². The second-order valence-corrected chi connectivity index (χ2v) is 8.84. The number of aryl methyl sites for hydroxylation is 1. The Hall–Kier alpha value is -2.27. The topological polar surface area (TPSA) is 62.0 Å². The Morgan fingerprint density at radius 2 is 1.62 bits per heavy atom. The molecule has 0 saturated heterocycles. The molecule has 2 N–H and O–H groups in total. The number of hydrogen-bond acceptors (Lipinski definition) is 2. The number of nitrogens with one attached hydrogen (secondary N) is 2. The van der Waals surface area contributed by atoms with Crippen molar-refractivity contribution in [2.75, 3.05) is 4.72 Å². The van der Waals surface area contributed by atoms with Crippen molar-refractivity contribution in [3.05, 3.63) is 59.8 Å². The summed E-state index contributed by atoms with van der Waals surface area (Å²) in [6.07, 6.45) is 0. The van der Waals surface area contributed by atoms with Crippen LogP contribution in [0.4, 0.5) is 5.69 Å². The highest BCUT2D eigenvalue weighted by Crippen LogP contribution is 2.28. The Balaban J connectivity index is 1.93. The van der Waals surface area contributed by atoms with E-state index < -0.39 is 10.0 Å². The highest BCUT2D eigenvalue weighted by molar-refractivity contribution is 7.92. The third-order valence-electron chi connectivity index (χ3n) is 4.01. The molecule has 0 atom stereocenters. The smallest absolute Gasteiger partial charge is 0.261 e. The molecule has 0 aliphatic rings. The maximum Gasteiger partial charge on any atom is 0.261 e. The van der Waals surface area contributed by atoms with Crippen molar-refractivity contribution < 1.29 is 8.42 Å². The summed E-state index contributed by atoms with van der Waals surface area (Å²) in [6, 6.07) is 14.4. The van der Waals surface area contributed by atoms with E-state index in [9.17, 15) is 8.42 Å². The molecule has 5 heteroatoms. The van der Waals surface area contributed by atoms with Crippen LogP contribution in [0.5, 0.6) is 0 Å².